The Bertz CT molecular complexity index is 1200. The highest BCUT2D eigenvalue weighted by Gasteiger charge is 2.25. The quantitative estimate of drug-likeness (QED) is 0.398. The molecule has 3 aromatic rings. The number of hydrogen-bond acceptors (Lipinski definition) is 8. The van der Waals surface area contributed by atoms with Crippen molar-refractivity contribution in [1.29, 1.82) is 0 Å². The Morgan fingerprint density at radius 1 is 0.946 bits per heavy atom. The number of anilines is 1. The Balaban J connectivity index is 0.00000380. The molecule has 0 spiro atoms. The molecule has 37 heavy (non-hydrogen) atoms. The predicted molar refractivity (Wildman–Crippen MR) is 138 cm³/mol. The maximum Gasteiger partial charge on any atom is 0.314 e. The van der Waals surface area contributed by atoms with Gasteiger partial charge < -0.3 is 9.52 Å². The summed E-state index contributed by atoms with van der Waals surface area (Å²) in [5.41, 5.74) is 1.75. The first-order valence-corrected chi connectivity index (χ1v) is 13.3. The van der Waals surface area contributed by atoms with Crippen LogP contribution in [-0.2, 0) is 16.6 Å². The maximum absolute atomic E-state index is 13.5. The van der Waals surface area contributed by atoms with E-state index in [-0.39, 0.29) is 32.2 Å². The molecule has 0 radical (unpaired) electrons. The van der Waals surface area contributed by atoms with Crippen molar-refractivity contribution in [2.24, 2.45) is 0 Å². The highest BCUT2D eigenvalue weighted by atomic mass is 32.2. The first-order chi connectivity index (χ1) is 17.4. The van der Waals surface area contributed by atoms with Gasteiger partial charge in [0.25, 0.3) is 5.89 Å². The highest BCUT2D eigenvalue weighted by Crippen LogP contribution is 2.25. The monoisotopic (exact) mass is 537 g/mol. The van der Waals surface area contributed by atoms with Gasteiger partial charge in [0.05, 0.1) is 24.6 Å². The van der Waals surface area contributed by atoms with Gasteiger partial charge in [0, 0.05) is 44.8 Å². The lowest BCUT2D eigenvalue weighted by Crippen LogP contribution is -2.49. The van der Waals surface area contributed by atoms with E-state index in [2.05, 4.69) is 20.0 Å². The molecule has 12 heteroatoms. The summed E-state index contributed by atoms with van der Waals surface area (Å²) in [5, 5.41) is 16.1. The van der Waals surface area contributed by atoms with Gasteiger partial charge >= 0.3 is 6.43 Å². The molecule has 0 saturated carbocycles. The molecule has 0 aliphatic carbocycles. The number of alkyl halides is 2. The molecular weight excluding hydrogens is 504 g/mol. The second-order valence-corrected chi connectivity index (χ2v) is 10.5. The number of sulfonamides is 1. The number of hydrogen-bond donors (Lipinski definition) is 1. The van der Waals surface area contributed by atoms with Crippen molar-refractivity contribution in [2.75, 3.05) is 55.9 Å². The second kappa shape index (κ2) is 13.0. The maximum atomic E-state index is 13.5. The van der Waals surface area contributed by atoms with E-state index >= 15 is 0 Å². The van der Waals surface area contributed by atoms with Gasteiger partial charge in [-0.2, -0.15) is 8.78 Å². The summed E-state index contributed by atoms with van der Waals surface area (Å²) in [6.45, 7) is 4.39. The molecule has 1 N–H and O–H groups in total. The Hall–Kier alpha value is -2.93. The van der Waals surface area contributed by atoms with Crippen LogP contribution in [0.15, 0.2) is 59.0 Å². The zero-order valence-corrected chi connectivity index (χ0v) is 20.5. The fourth-order valence-electron chi connectivity index (χ4n) is 4.04. The van der Waals surface area contributed by atoms with E-state index in [1.54, 1.807) is 48.5 Å². The predicted octanol–water partition coefficient (Wildman–Crippen LogP) is 3.26. The third-order valence-corrected chi connectivity index (χ3v) is 7.79. The van der Waals surface area contributed by atoms with Crippen molar-refractivity contribution in [3.63, 3.8) is 0 Å². The molecule has 2 aromatic carbocycles. The van der Waals surface area contributed by atoms with E-state index in [1.165, 1.54) is 4.31 Å². The highest BCUT2D eigenvalue weighted by molar-refractivity contribution is 7.92. The van der Waals surface area contributed by atoms with Gasteiger partial charge in [-0.05, 0) is 29.8 Å². The van der Waals surface area contributed by atoms with Crippen LogP contribution < -0.4 is 4.31 Å². The van der Waals surface area contributed by atoms with E-state index in [9.17, 15) is 17.2 Å². The Morgan fingerprint density at radius 2 is 1.57 bits per heavy atom. The van der Waals surface area contributed by atoms with Crippen LogP contribution in [-0.4, -0.2) is 85.1 Å². The molecule has 1 saturated heterocycles. The summed E-state index contributed by atoms with van der Waals surface area (Å²) < 4.78 is 58.8. The van der Waals surface area contributed by atoms with Crippen LogP contribution in [0.1, 0.15) is 25.3 Å². The fraction of sp³-hybridized carbons (Fsp3) is 0.440. The van der Waals surface area contributed by atoms with Crippen molar-refractivity contribution < 1.29 is 26.7 Å². The summed E-state index contributed by atoms with van der Waals surface area (Å²) in [4.78, 5) is 4.29. The molecular formula is C25H33F2N5O4S. The van der Waals surface area contributed by atoms with Crippen LogP contribution in [0.3, 0.4) is 0 Å². The minimum Gasteiger partial charge on any atom is -0.415 e. The molecule has 1 fully saturated rings. The average Bonchev–Trinajstić information content (AvgIpc) is 3.39. The normalized spacial score (nSPS) is 15.0. The number of nitrogens with zero attached hydrogens (tertiary/aromatic N) is 5. The molecule has 2 heterocycles. The Kier molecular flexibility index (Phi) is 10.1. The van der Waals surface area contributed by atoms with Crippen LogP contribution in [0, 0.1) is 0 Å². The largest absolute Gasteiger partial charge is 0.415 e. The number of para-hydroxylation sites is 1. The third-order valence-electron chi connectivity index (χ3n) is 6.08. The molecule has 1 aromatic heterocycles. The number of aliphatic hydroxyl groups is 1. The van der Waals surface area contributed by atoms with Gasteiger partial charge in [0.15, 0.2) is 0 Å². The van der Waals surface area contributed by atoms with Crippen LogP contribution >= 0.6 is 0 Å². The lowest BCUT2D eigenvalue weighted by atomic mass is 10.1. The molecule has 0 amide bonds. The number of aliphatic hydroxyl groups excluding tert-OH is 1. The summed E-state index contributed by atoms with van der Waals surface area (Å²) >= 11 is 0. The first kappa shape index (κ1) is 28.6. The third kappa shape index (κ3) is 7.54. The lowest BCUT2D eigenvalue weighted by molar-refractivity contribution is 0.116. The number of rotatable bonds is 11. The van der Waals surface area contributed by atoms with E-state index in [0.717, 1.165) is 31.7 Å². The molecule has 1 aliphatic rings. The smallest absolute Gasteiger partial charge is 0.314 e. The molecule has 9 nitrogen and oxygen atoms in total. The van der Waals surface area contributed by atoms with Crippen molar-refractivity contribution in [3.05, 3.63) is 66.1 Å². The summed E-state index contributed by atoms with van der Waals surface area (Å²) in [6, 6.07) is 15.6. The van der Waals surface area contributed by atoms with Gasteiger partial charge in [-0.3, -0.25) is 14.1 Å². The lowest BCUT2D eigenvalue weighted by Gasteiger charge is -2.34. The van der Waals surface area contributed by atoms with Gasteiger partial charge in [-0.1, -0.05) is 37.8 Å². The van der Waals surface area contributed by atoms with Crippen LogP contribution in [0.5, 0.6) is 0 Å². The molecule has 202 valence electrons. The van der Waals surface area contributed by atoms with Crippen molar-refractivity contribution >= 4 is 15.7 Å². The number of piperazine rings is 1. The molecule has 0 atom stereocenters. The minimum atomic E-state index is -3.65. The minimum absolute atomic E-state index is 0. The van der Waals surface area contributed by atoms with Gasteiger partial charge in [-0.25, -0.2) is 8.42 Å². The van der Waals surface area contributed by atoms with Crippen LogP contribution in [0.25, 0.3) is 11.5 Å². The number of β-amino-alcohol motifs (C(OH)–C–C–N with tert-alkyl or cyclic N) is 1. The zero-order chi connectivity index (χ0) is 25.5. The fourth-order valence-corrected chi connectivity index (χ4v) is 5.53. The number of halogens is 2. The van der Waals surface area contributed by atoms with Crippen molar-refractivity contribution in [2.45, 2.75) is 20.4 Å². The molecule has 4 rings (SSSR count). The summed E-state index contributed by atoms with van der Waals surface area (Å²) in [5.74, 6) is -0.799. The summed E-state index contributed by atoms with van der Waals surface area (Å²) in [6.07, 6.45) is -2.85. The van der Waals surface area contributed by atoms with Gasteiger partial charge in [0.1, 0.15) is 0 Å². The van der Waals surface area contributed by atoms with Crippen molar-refractivity contribution in [1.82, 2.24) is 20.0 Å². The number of benzene rings is 2. The molecule has 0 unspecified atom stereocenters. The van der Waals surface area contributed by atoms with E-state index in [1.807, 2.05) is 6.07 Å². The Labute approximate surface area is 216 Å². The van der Waals surface area contributed by atoms with Gasteiger partial charge in [0.2, 0.25) is 15.9 Å². The second-order valence-electron chi connectivity index (χ2n) is 8.51. The SMILES string of the molecule is C.O=S(=O)(CCN1CCN(CCO)CC1)N(Cc1ccc(-c2nnc(C(F)F)o2)cc1)c1ccccc1. The van der Waals surface area contributed by atoms with Crippen molar-refractivity contribution in [3.8, 4) is 11.5 Å². The van der Waals surface area contributed by atoms with Crippen LogP contribution in [0.4, 0.5) is 14.5 Å². The topological polar surface area (TPSA) is 103 Å². The molecule has 0 bridgehead atoms. The van der Waals surface area contributed by atoms with Gasteiger partial charge in [-0.15, -0.1) is 10.2 Å². The zero-order valence-electron chi connectivity index (χ0n) is 19.7. The number of aromatic nitrogens is 2. The van der Waals surface area contributed by atoms with E-state index < -0.39 is 22.3 Å². The van der Waals surface area contributed by atoms with E-state index in [0.29, 0.717) is 24.3 Å². The molecule has 1 aliphatic heterocycles. The van der Waals surface area contributed by atoms with E-state index in [4.69, 9.17) is 9.52 Å². The Morgan fingerprint density at radius 3 is 2.14 bits per heavy atom. The standard InChI is InChI=1S/C24H29F2N5O4S.CH4/c25-22(26)24-28-27-23(35-24)20-8-6-19(7-9-20)18-31(21-4-2-1-3-5-21)36(33,34)17-15-30-12-10-29(11-13-30)14-16-32;/h1-9,22,32H,10-18H2;1H4. The first-order valence-electron chi connectivity index (χ1n) is 11.7. The average molecular weight is 538 g/mol. The summed E-state index contributed by atoms with van der Waals surface area (Å²) in [7, 11) is -3.65. The van der Waals surface area contributed by atoms with Crippen LogP contribution in [0.2, 0.25) is 0 Å².